The van der Waals surface area contributed by atoms with Crippen molar-refractivity contribution in [2.24, 2.45) is 5.92 Å². The molecule has 0 radical (unpaired) electrons. The summed E-state index contributed by atoms with van der Waals surface area (Å²) < 4.78 is 14.0. The van der Waals surface area contributed by atoms with Crippen LogP contribution in [0.4, 0.5) is 5.69 Å². The van der Waals surface area contributed by atoms with Crippen molar-refractivity contribution < 1.29 is 10.9 Å². The molecule has 136 valence electrons. The summed E-state index contributed by atoms with van der Waals surface area (Å²) >= 11 is 0. The molecule has 4 nitrogen and oxygen atoms in total. The Balaban J connectivity index is 1.43. The Morgan fingerprint density at radius 1 is 1.12 bits per heavy atom. The van der Waals surface area contributed by atoms with Crippen LogP contribution in [0.15, 0.2) is 42.5 Å². The van der Waals surface area contributed by atoms with Crippen LogP contribution < -0.4 is 15.4 Å². The maximum atomic E-state index is 12.4. The lowest BCUT2D eigenvalue weighted by atomic mass is 9.88. The summed E-state index contributed by atoms with van der Waals surface area (Å²) in [5.74, 6) is 0.981. The van der Waals surface area contributed by atoms with Crippen LogP contribution in [0.5, 0.6) is 5.75 Å². The van der Waals surface area contributed by atoms with E-state index in [1.807, 2.05) is 36.4 Å². The Kier molecular flexibility index (Phi) is 4.73. The minimum atomic E-state index is -0.718. The maximum absolute atomic E-state index is 12.4. The van der Waals surface area contributed by atoms with Gasteiger partial charge in [0.05, 0.1) is 7.06 Å². The lowest BCUT2D eigenvalue weighted by Gasteiger charge is -2.21. The van der Waals surface area contributed by atoms with Gasteiger partial charge in [-0.05, 0) is 41.7 Å². The van der Waals surface area contributed by atoms with Gasteiger partial charge in [0.15, 0.2) is 0 Å². The van der Waals surface area contributed by atoms with Gasteiger partial charge in [-0.25, -0.2) is 0 Å². The molecule has 2 N–H and O–H groups in total. The zero-order valence-electron chi connectivity index (χ0n) is 16.0. The minimum absolute atomic E-state index is 0.0260. The average Bonchev–Trinajstić information content (AvgIpc) is 2.74. The maximum Gasteiger partial charge on any atom is 0.223 e. The molecule has 4 heteroatoms. The van der Waals surface area contributed by atoms with Crippen molar-refractivity contribution in [3.63, 3.8) is 0 Å². The number of carbonyl (C=O) groups is 1. The number of nitrogens with one attached hydrogen (secondary N) is 2. The van der Waals surface area contributed by atoms with Crippen molar-refractivity contribution in [2.45, 2.75) is 38.6 Å². The second-order valence-corrected chi connectivity index (χ2v) is 7.10. The highest BCUT2D eigenvalue weighted by molar-refractivity contribution is 5.78. The molecule has 1 saturated carbocycles. The molecule has 0 bridgehead atoms. The Morgan fingerprint density at radius 3 is 2.69 bits per heavy atom. The topological polar surface area (TPSA) is 50.4 Å². The number of hydrogen-bond acceptors (Lipinski definition) is 3. The molecule has 2 aliphatic rings. The van der Waals surface area contributed by atoms with Crippen molar-refractivity contribution in [3.05, 3.63) is 48.0 Å². The number of anilines is 1. The van der Waals surface area contributed by atoms with E-state index < -0.39 is 6.52 Å². The van der Waals surface area contributed by atoms with Gasteiger partial charge in [0.1, 0.15) is 12.4 Å². The third-order valence-corrected chi connectivity index (χ3v) is 5.26. The van der Waals surface area contributed by atoms with Gasteiger partial charge in [0.2, 0.25) is 5.91 Å². The number of rotatable bonds is 4. The van der Waals surface area contributed by atoms with Crippen molar-refractivity contribution in [1.29, 1.82) is 0 Å². The van der Waals surface area contributed by atoms with Crippen LogP contribution in [0, 0.1) is 5.92 Å². The summed E-state index contributed by atoms with van der Waals surface area (Å²) in [6.45, 7) is 0.791. The molecule has 1 heterocycles. The van der Waals surface area contributed by atoms with Crippen LogP contribution >= 0.6 is 0 Å². The molecule has 0 spiro atoms. The van der Waals surface area contributed by atoms with Gasteiger partial charge in [0.25, 0.3) is 0 Å². The van der Waals surface area contributed by atoms with E-state index in [1.54, 1.807) is 0 Å². The van der Waals surface area contributed by atoms with Crippen molar-refractivity contribution >= 4 is 11.6 Å². The molecule has 0 aromatic heterocycles. The van der Waals surface area contributed by atoms with Crippen LogP contribution in [0.1, 0.15) is 39.0 Å². The van der Waals surface area contributed by atoms with E-state index >= 15 is 0 Å². The fourth-order valence-corrected chi connectivity index (χ4v) is 3.72. The number of amides is 1. The highest BCUT2D eigenvalue weighted by Crippen LogP contribution is 2.32. The van der Waals surface area contributed by atoms with Crippen LogP contribution in [0.25, 0.3) is 11.1 Å². The normalized spacial score (nSPS) is 18.7. The van der Waals surface area contributed by atoms with Crippen LogP contribution in [-0.4, -0.2) is 19.1 Å². The van der Waals surface area contributed by atoms with Gasteiger partial charge in [-0.2, -0.15) is 0 Å². The van der Waals surface area contributed by atoms with Crippen LogP contribution in [-0.2, 0) is 11.3 Å². The van der Waals surface area contributed by atoms with Crippen molar-refractivity contribution in [3.8, 4) is 16.9 Å². The van der Waals surface area contributed by atoms with Crippen LogP contribution in [0.3, 0.4) is 0 Å². The van der Waals surface area contributed by atoms with Gasteiger partial charge in [-0.3, -0.25) is 4.79 Å². The van der Waals surface area contributed by atoms with E-state index in [9.17, 15) is 4.79 Å². The standard InChI is InChI=1S/C22H26N2O2/c25-22(18-4-2-1-3-5-18)24-15-16-6-8-17(9-7-16)19-10-11-20-21(14-19)26-13-12-23-20/h6-11,14,18,23H,1-5,12-13,15H2,(H,24,25)/i15D. The number of carbonyl (C=O) groups excluding carboxylic acids is 1. The fourth-order valence-electron chi connectivity index (χ4n) is 3.72. The molecular weight excluding hydrogens is 324 g/mol. The highest BCUT2D eigenvalue weighted by Gasteiger charge is 2.20. The van der Waals surface area contributed by atoms with Crippen molar-refractivity contribution in [2.75, 3.05) is 18.5 Å². The van der Waals surface area contributed by atoms with E-state index in [-0.39, 0.29) is 11.8 Å². The second kappa shape index (κ2) is 7.81. The zero-order valence-corrected chi connectivity index (χ0v) is 15.0. The highest BCUT2D eigenvalue weighted by atomic mass is 16.5. The molecule has 1 aliphatic heterocycles. The third-order valence-electron chi connectivity index (χ3n) is 5.26. The van der Waals surface area contributed by atoms with E-state index in [2.05, 4.69) is 16.7 Å². The molecule has 26 heavy (non-hydrogen) atoms. The SMILES string of the molecule is [2H]C(NC(=O)C1CCCCC1)c1ccc(-c2ccc3c(c2)OCCN3)cc1. The molecule has 0 saturated heterocycles. The molecule has 1 amide bonds. The Bertz CT molecular complexity index is 800. The van der Waals surface area contributed by atoms with Gasteiger partial charge in [0, 0.05) is 19.0 Å². The molecular formula is C22H26N2O2. The van der Waals surface area contributed by atoms with Gasteiger partial charge >= 0.3 is 0 Å². The monoisotopic (exact) mass is 351 g/mol. The molecule has 1 atom stereocenters. The molecule has 1 aliphatic carbocycles. The fraction of sp³-hybridized carbons (Fsp3) is 0.409. The Morgan fingerprint density at radius 2 is 1.88 bits per heavy atom. The Labute approximate surface area is 156 Å². The number of hydrogen-bond donors (Lipinski definition) is 2. The summed E-state index contributed by atoms with van der Waals surface area (Å²) in [5, 5.41) is 6.19. The largest absolute Gasteiger partial charge is 0.490 e. The average molecular weight is 351 g/mol. The zero-order chi connectivity index (χ0) is 18.6. The lowest BCUT2D eigenvalue weighted by molar-refractivity contribution is -0.126. The number of fused-ring (bicyclic) bond motifs is 1. The number of benzene rings is 2. The summed E-state index contributed by atoms with van der Waals surface area (Å²) in [4.78, 5) is 12.4. The molecule has 1 fully saturated rings. The first-order valence-corrected chi connectivity index (χ1v) is 9.54. The number of ether oxygens (including phenoxy) is 1. The lowest BCUT2D eigenvalue weighted by Crippen LogP contribution is -2.31. The summed E-state index contributed by atoms with van der Waals surface area (Å²) in [5.41, 5.74) is 3.98. The first-order chi connectivity index (χ1) is 13.2. The molecule has 4 rings (SSSR count). The van der Waals surface area contributed by atoms with Gasteiger partial charge < -0.3 is 15.4 Å². The van der Waals surface area contributed by atoms with Crippen LogP contribution in [0.2, 0.25) is 0 Å². The quantitative estimate of drug-likeness (QED) is 0.861. The molecule has 1 unspecified atom stereocenters. The summed E-state index contributed by atoms with van der Waals surface area (Å²) in [6, 6.07) is 14.0. The molecule has 2 aromatic rings. The summed E-state index contributed by atoms with van der Waals surface area (Å²) in [6.07, 6.45) is 5.36. The first kappa shape index (κ1) is 15.7. The van der Waals surface area contributed by atoms with E-state index in [0.717, 1.165) is 60.4 Å². The second-order valence-electron chi connectivity index (χ2n) is 7.10. The Hall–Kier alpha value is -2.49. The predicted molar refractivity (Wildman–Crippen MR) is 104 cm³/mol. The summed E-state index contributed by atoms with van der Waals surface area (Å²) in [7, 11) is 0. The smallest absolute Gasteiger partial charge is 0.223 e. The van der Waals surface area contributed by atoms with E-state index in [4.69, 9.17) is 6.11 Å². The van der Waals surface area contributed by atoms with E-state index in [0.29, 0.717) is 6.61 Å². The van der Waals surface area contributed by atoms with E-state index in [1.165, 1.54) is 6.42 Å². The first-order valence-electron chi connectivity index (χ1n) is 10.1. The van der Waals surface area contributed by atoms with Gasteiger partial charge in [-0.15, -0.1) is 0 Å². The predicted octanol–water partition coefficient (Wildman–Crippen LogP) is 4.35. The molecule has 2 aromatic carbocycles. The third kappa shape index (κ3) is 3.85. The van der Waals surface area contributed by atoms with Crippen molar-refractivity contribution in [1.82, 2.24) is 5.32 Å². The van der Waals surface area contributed by atoms with Gasteiger partial charge in [-0.1, -0.05) is 49.6 Å². The minimum Gasteiger partial charge on any atom is -0.490 e.